The van der Waals surface area contributed by atoms with E-state index in [0.717, 1.165) is 81.9 Å². The molecule has 3 unspecified atom stereocenters. The fourth-order valence-corrected chi connectivity index (χ4v) is 12.4. The van der Waals surface area contributed by atoms with Gasteiger partial charge in [0.15, 0.2) is 22.8 Å². The van der Waals surface area contributed by atoms with Gasteiger partial charge in [-0.25, -0.2) is 15.0 Å². The van der Waals surface area contributed by atoms with Gasteiger partial charge in [0, 0.05) is 36.8 Å². The van der Waals surface area contributed by atoms with Crippen molar-refractivity contribution in [1.29, 1.82) is 0 Å². The highest BCUT2D eigenvalue weighted by Gasteiger charge is 2.26. The Bertz CT molecular complexity index is 2660. The van der Waals surface area contributed by atoms with Crippen molar-refractivity contribution in [1.82, 2.24) is 39.9 Å². The van der Waals surface area contributed by atoms with E-state index in [0.29, 0.717) is 47.0 Å². The second-order valence-electron chi connectivity index (χ2n) is 18.6. The molecule has 3 aromatic heterocycles. The number of benzene rings is 4. The van der Waals surface area contributed by atoms with E-state index in [9.17, 15) is 9.59 Å². The predicted octanol–water partition coefficient (Wildman–Crippen LogP) is 9.86. The van der Waals surface area contributed by atoms with Gasteiger partial charge >= 0.3 is 0 Å². The van der Waals surface area contributed by atoms with Crippen molar-refractivity contribution < 1.29 is 23.8 Å². The molecule has 72 heavy (non-hydrogen) atoms. The number of rotatable bonds is 17. The summed E-state index contributed by atoms with van der Waals surface area (Å²) in [4.78, 5) is 46.7. The Kier molecular flexibility index (Phi) is 21.1. The van der Waals surface area contributed by atoms with Crippen molar-refractivity contribution in [2.45, 2.75) is 89.0 Å². The van der Waals surface area contributed by atoms with Crippen LogP contribution in [0.4, 0.5) is 0 Å². The molecule has 4 aromatic carbocycles. The predicted molar refractivity (Wildman–Crippen MR) is 297 cm³/mol. The normalized spacial score (nSPS) is 18.0. The number of carbonyl (C=O) groups is 2. The van der Waals surface area contributed by atoms with Gasteiger partial charge in [0.1, 0.15) is 10.0 Å². The highest BCUT2D eigenvalue weighted by atomic mass is 32.1. The Morgan fingerprint density at radius 3 is 1.64 bits per heavy atom. The molecule has 6 heterocycles. The highest BCUT2D eigenvalue weighted by molar-refractivity contribution is 7.20. The molecule has 3 saturated heterocycles. The van der Waals surface area contributed by atoms with Crippen LogP contribution in [0.3, 0.4) is 0 Å². The molecule has 0 spiro atoms. The number of aromatic nitrogens is 3. The zero-order valence-corrected chi connectivity index (χ0v) is 45.3. The van der Waals surface area contributed by atoms with E-state index >= 15 is 0 Å². The lowest BCUT2D eigenvalue weighted by molar-refractivity contribution is 0.0728. The first kappa shape index (κ1) is 54.7. The maximum Gasteiger partial charge on any atom is 0.254 e. The van der Waals surface area contributed by atoms with E-state index in [1.54, 1.807) is 56.1 Å². The third-order valence-corrected chi connectivity index (χ3v) is 16.8. The number of fused-ring (bicyclic) bond motifs is 3. The van der Waals surface area contributed by atoms with Gasteiger partial charge in [-0.2, -0.15) is 0 Å². The Morgan fingerprint density at radius 1 is 0.681 bits per heavy atom. The molecule has 14 nitrogen and oxygen atoms in total. The Balaban J connectivity index is 0.000000162. The van der Waals surface area contributed by atoms with Crippen LogP contribution >= 0.6 is 34.0 Å². The van der Waals surface area contributed by atoms with E-state index in [4.69, 9.17) is 24.9 Å². The van der Waals surface area contributed by atoms with E-state index in [1.165, 1.54) is 85.5 Å². The number of nitrogens with two attached hydrogens (primary N) is 1. The average Bonchev–Trinajstić information content (AvgIpc) is 4.29. The molecule has 3 fully saturated rings. The van der Waals surface area contributed by atoms with Crippen LogP contribution in [-0.4, -0.2) is 147 Å². The van der Waals surface area contributed by atoms with Crippen molar-refractivity contribution in [3.8, 4) is 17.2 Å². The van der Waals surface area contributed by atoms with Gasteiger partial charge in [-0.3, -0.25) is 9.59 Å². The molecule has 3 N–H and O–H groups in total. The number of methoxy groups -OCH3 is 3. The van der Waals surface area contributed by atoms with Crippen molar-refractivity contribution in [3.63, 3.8) is 0 Å². The average molecular weight is 1040 g/mol. The van der Waals surface area contributed by atoms with Crippen molar-refractivity contribution in [2.24, 2.45) is 5.73 Å². The molecule has 10 rings (SSSR count). The first-order chi connectivity index (χ1) is 35.1. The molecule has 0 aliphatic carbocycles. The minimum Gasteiger partial charge on any atom is -0.493 e. The van der Waals surface area contributed by atoms with Crippen LogP contribution in [0.25, 0.3) is 30.6 Å². The largest absolute Gasteiger partial charge is 0.493 e. The van der Waals surface area contributed by atoms with Crippen LogP contribution in [0.5, 0.6) is 17.2 Å². The molecule has 386 valence electrons. The van der Waals surface area contributed by atoms with Gasteiger partial charge in [0.25, 0.3) is 5.91 Å². The quantitative estimate of drug-likeness (QED) is 0.0659. The highest BCUT2D eigenvalue weighted by Crippen LogP contribution is 2.39. The van der Waals surface area contributed by atoms with Crippen molar-refractivity contribution >= 4 is 76.9 Å². The van der Waals surface area contributed by atoms with Crippen molar-refractivity contribution in [3.05, 3.63) is 106 Å². The maximum absolute atomic E-state index is 13.7. The van der Waals surface area contributed by atoms with E-state index < -0.39 is 0 Å². The number of likely N-dealkylation sites (tertiary alicyclic amines) is 3. The second kappa shape index (κ2) is 27.8. The smallest absolute Gasteiger partial charge is 0.254 e. The Labute approximate surface area is 437 Å². The summed E-state index contributed by atoms with van der Waals surface area (Å²) >= 11 is 4.85. The van der Waals surface area contributed by atoms with Crippen LogP contribution in [0.2, 0.25) is 0 Å². The Hall–Kier alpha value is -5.11. The summed E-state index contributed by atoms with van der Waals surface area (Å²) in [5, 5.41) is 6.20. The molecule has 17 heteroatoms. The second-order valence-corrected chi connectivity index (χ2v) is 21.9. The lowest BCUT2D eigenvalue weighted by Crippen LogP contribution is -2.35. The third-order valence-electron chi connectivity index (χ3n) is 13.8. The summed E-state index contributed by atoms with van der Waals surface area (Å²) in [5.41, 5.74) is 8.94. The summed E-state index contributed by atoms with van der Waals surface area (Å²) in [6.45, 7) is 7.60. The standard InChI is InChI=1S/C25H31N3O4S.C15H21N3S.C8H5NOS.C7H16N2/c1-27-12-7-8-18(27)11-13-28(16-23-26-19-9-5-6-10-22(19)33-23)25(29)17-14-20(30-2)24(32-4)21(15-17)31-3;1-18-10-4-5-12(18)8-9-16-11-15-17-13-6-2-3-7-14(13)19-15;10-5-8-9-6-3-1-2-4-7(6)11-8;1-9-6-2-3-7(9)4-5-8/h5-6,9-10,14-15,18H,7-8,11-13,16H2,1-4H3;2-3,6-7,12,16H,4-5,8-11H2,1H3;1-5H;7H,2-6,8H2,1H3. The van der Waals surface area contributed by atoms with Crippen LogP contribution in [0.15, 0.2) is 84.9 Å². The summed E-state index contributed by atoms with van der Waals surface area (Å²) in [5.74, 6) is 1.34. The molecule has 0 radical (unpaired) electrons. The van der Waals surface area contributed by atoms with E-state index in [2.05, 4.69) is 81.5 Å². The number of hydrogen-bond acceptors (Lipinski definition) is 16. The lowest BCUT2D eigenvalue weighted by Gasteiger charge is -2.26. The summed E-state index contributed by atoms with van der Waals surface area (Å²) in [6, 6.07) is 29.6. The number of amides is 1. The number of para-hydroxylation sites is 3. The van der Waals surface area contributed by atoms with Crippen LogP contribution < -0.4 is 25.3 Å². The summed E-state index contributed by atoms with van der Waals surface area (Å²) in [6.07, 6.45) is 12.0. The SMILES string of the molecule is CN1CCCC1CCN.CN1CCCC1CCNCc1nc2ccccc2s1.COc1cc(C(=O)N(CCC2CCCN2C)Cc2nc3ccccc3s2)cc(OC)c1OC.O=Cc1nc2ccccc2s1. The molecular weight excluding hydrogens is 963 g/mol. The number of carbonyl (C=O) groups excluding carboxylic acids is 2. The minimum atomic E-state index is -0.0749. The van der Waals surface area contributed by atoms with Crippen LogP contribution in [0, 0.1) is 0 Å². The van der Waals surface area contributed by atoms with Gasteiger partial charge < -0.3 is 44.9 Å². The first-order valence-corrected chi connectivity index (χ1v) is 27.7. The maximum atomic E-state index is 13.7. The number of ether oxygens (including phenoxy) is 3. The number of hydrogen-bond donors (Lipinski definition) is 2. The van der Waals surface area contributed by atoms with Gasteiger partial charge in [-0.15, -0.1) is 34.0 Å². The van der Waals surface area contributed by atoms with Crippen LogP contribution in [-0.2, 0) is 13.1 Å². The van der Waals surface area contributed by atoms with Gasteiger partial charge in [0.2, 0.25) is 5.75 Å². The molecule has 0 saturated carbocycles. The molecule has 3 aliphatic rings. The topological polar surface area (TPSA) is 152 Å². The monoisotopic (exact) mass is 1040 g/mol. The molecule has 7 aromatic rings. The number of aldehydes is 1. The molecule has 1 amide bonds. The summed E-state index contributed by atoms with van der Waals surface area (Å²) < 4.78 is 19.8. The molecule has 3 aliphatic heterocycles. The number of nitrogens with zero attached hydrogens (tertiary/aromatic N) is 7. The zero-order chi connectivity index (χ0) is 50.8. The molecular formula is C55H73N9O5S3. The fourth-order valence-electron chi connectivity index (χ4n) is 9.72. The minimum absolute atomic E-state index is 0.0749. The van der Waals surface area contributed by atoms with E-state index in [-0.39, 0.29) is 5.91 Å². The van der Waals surface area contributed by atoms with Gasteiger partial charge in [0.05, 0.1) is 58.5 Å². The molecule has 3 atom stereocenters. The van der Waals surface area contributed by atoms with Gasteiger partial charge in [-0.05, 0) is 160 Å². The van der Waals surface area contributed by atoms with Crippen molar-refractivity contribution in [2.75, 3.05) is 81.7 Å². The third kappa shape index (κ3) is 15.0. The first-order valence-electron chi connectivity index (χ1n) is 25.2. The van der Waals surface area contributed by atoms with Gasteiger partial charge in [-0.1, -0.05) is 36.4 Å². The molecule has 0 bridgehead atoms. The lowest BCUT2D eigenvalue weighted by atomic mass is 10.1. The number of thiazole rings is 3. The fraction of sp³-hybridized carbons (Fsp3) is 0.473. The Morgan fingerprint density at radius 2 is 1.17 bits per heavy atom. The zero-order valence-electron chi connectivity index (χ0n) is 42.9. The van der Waals surface area contributed by atoms with Crippen LogP contribution in [0.1, 0.15) is 88.0 Å². The summed E-state index contributed by atoms with van der Waals surface area (Å²) in [7, 11) is 11.3. The number of nitrogens with one attached hydrogen (secondary N) is 1. The van der Waals surface area contributed by atoms with E-state index in [1.807, 2.05) is 47.4 Å².